The Morgan fingerprint density at radius 2 is 2.38 bits per heavy atom. The van der Waals surface area contributed by atoms with Crippen molar-refractivity contribution in [3.8, 4) is 0 Å². The lowest BCUT2D eigenvalue weighted by Gasteiger charge is -2.00. The summed E-state index contributed by atoms with van der Waals surface area (Å²) in [6, 6.07) is 3.76. The van der Waals surface area contributed by atoms with E-state index in [2.05, 4.69) is 10.1 Å². The van der Waals surface area contributed by atoms with E-state index >= 15 is 0 Å². The van der Waals surface area contributed by atoms with Crippen LogP contribution in [0.25, 0.3) is 0 Å². The van der Waals surface area contributed by atoms with E-state index in [1.807, 2.05) is 17.5 Å². The molecule has 1 heterocycles. The van der Waals surface area contributed by atoms with Crippen LogP contribution < -0.4 is 5.32 Å². The van der Waals surface area contributed by atoms with Crippen LogP contribution in [0.1, 0.15) is 4.88 Å². The van der Waals surface area contributed by atoms with E-state index in [1.54, 1.807) is 0 Å². The fourth-order valence-electron chi connectivity index (χ4n) is 0.745. The number of carbonyl (C=O) groups excluding carboxylic acids is 2. The summed E-state index contributed by atoms with van der Waals surface area (Å²) in [6.07, 6.45) is 0. The van der Waals surface area contributed by atoms with Crippen molar-refractivity contribution in [2.24, 2.45) is 0 Å². The molecule has 13 heavy (non-hydrogen) atoms. The Labute approximate surface area is 79.5 Å². The second-order valence-electron chi connectivity index (χ2n) is 2.25. The minimum atomic E-state index is -0.864. The van der Waals surface area contributed by atoms with Crippen molar-refractivity contribution in [3.63, 3.8) is 0 Å². The third-order valence-electron chi connectivity index (χ3n) is 1.37. The van der Waals surface area contributed by atoms with E-state index < -0.39 is 11.9 Å². The quantitative estimate of drug-likeness (QED) is 0.558. The molecule has 5 heteroatoms. The zero-order valence-electron chi connectivity index (χ0n) is 7.07. The SMILES string of the molecule is COC(=O)C(=O)NCc1cccs1. The van der Waals surface area contributed by atoms with Crippen molar-refractivity contribution in [2.45, 2.75) is 6.54 Å². The van der Waals surface area contributed by atoms with Gasteiger partial charge in [0.15, 0.2) is 0 Å². The molecule has 1 aromatic heterocycles. The molecule has 0 radical (unpaired) electrons. The molecule has 0 bridgehead atoms. The normalized spacial score (nSPS) is 9.31. The largest absolute Gasteiger partial charge is 0.462 e. The molecule has 0 aromatic carbocycles. The Morgan fingerprint density at radius 3 is 2.92 bits per heavy atom. The van der Waals surface area contributed by atoms with Crippen LogP contribution >= 0.6 is 11.3 Å². The van der Waals surface area contributed by atoms with Crippen molar-refractivity contribution >= 4 is 23.2 Å². The number of hydrogen-bond acceptors (Lipinski definition) is 4. The fraction of sp³-hybridized carbons (Fsp3) is 0.250. The van der Waals surface area contributed by atoms with Gasteiger partial charge in [-0.05, 0) is 11.4 Å². The van der Waals surface area contributed by atoms with Gasteiger partial charge in [0.05, 0.1) is 13.7 Å². The van der Waals surface area contributed by atoms with Gasteiger partial charge in [-0.1, -0.05) is 6.07 Å². The maximum Gasteiger partial charge on any atom is 0.396 e. The van der Waals surface area contributed by atoms with Gasteiger partial charge in [-0.15, -0.1) is 11.3 Å². The average molecular weight is 199 g/mol. The van der Waals surface area contributed by atoms with Crippen LogP contribution in [0.2, 0.25) is 0 Å². The van der Waals surface area contributed by atoms with Crippen molar-refractivity contribution < 1.29 is 14.3 Å². The standard InChI is InChI=1S/C8H9NO3S/c1-12-8(11)7(10)9-5-6-3-2-4-13-6/h2-4H,5H2,1H3,(H,9,10). The molecule has 70 valence electrons. The predicted molar refractivity (Wildman–Crippen MR) is 48.2 cm³/mol. The molecule has 0 saturated carbocycles. The van der Waals surface area contributed by atoms with E-state index in [4.69, 9.17) is 0 Å². The van der Waals surface area contributed by atoms with Crippen LogP contribution in [0.4, 0.5) is 0 Å². The molecule has 1 aromatic rings. The van der Waals surface area contributed by atoms with Crippen LogP contribution in [0.5, 0.6) is 0 Å². The van der Waals surface area contributed by atoms with E-state index in [9.17, 15) is 9.59 Å². The Hall–Kier alpha value is -1.36. The van der Waals surface area contributed by atoms with Crippen molar-refractivity contribution in [1.29, 1.82) is 0 Å². The molecule has 0 aliphatic carbocycles. The highest BCUT2D eigenvalue weighted by Crippen LogP contribution is 2.06. The van der Waals surface area contributed by atoms with Crippen LogP contribution in [0.3, 0.4) is 0 Å². The first-order chi connectivity index (χ1) is 6.24. The van der Waals surface area contributed by atoms with Gasteiger partial charge in [0.2, 0.25) is 0 Å². The molecular weight excluding hydrogens is 190 g/mol. The molecule has 0 aliphatic heterocycles. The summed E-state index contributed by atoms with van der Waals surface area (Å²) in [5.74, 6) is -1.58. The number of thiophene rings is 1. The molecule has 0 aliphatic rings. The minimum absolute atomic E-state index is 0.367. The van der Waals surface area contributed by atoms with Gasteiger partial charge >= 0.3 is 11.9 Å². The summed E-state index contributed by atoms with van der Waals surface area (Å²) < 4.78 is 4.23. The zero-order valence-corrected chi connectivity index (χ0v) is 7.89. The Kier molecular flexibility index (Phi) is 3.45. The molecule has 1 N–H and O–H groups in total. The van der Waals surface area contributed by atoms with Gasteiger partial charge in [0.25, 0.3) is 0 Å². The lowest BCUT2D eigenvalue weighted by atomic mass is 10.4. The van der Waals surface area contributed by atoms with Crippen molar-refractivity contribution in [1.82, 2.24) is 5.32 Å². The van der Waals surface area contributed by atoms with Gasteiger partial charge in [-0.3, -0.25) is 4.79 Å². The monoisotopic (exact) mass is 199 g/mol. The van der Waals surface area contributed by atoms with E-state index in [1.165, 1.54) is 18.4 Å². The average Bonchev–Trinajstić information content (AvgIpc) is 2.65. The molecule has 1 rings (SSSR count). The smallest absolute Gasteiger partial charge is 0.396 e. The van der Waals surface area contributed by atoms with Gasteiger partial charge in [0, 0.05) is 4.88 Å². The minimum Gasteiger partial charge on any atom is -0.462 e. The summed E-state index contributed by atoms with van der Waals surface area (Å²) in [4.78, 5) is 22.5. The molecule has 0 unspecified atom stereocenters. The van der Waals surface area contributed by atoms with Crippen LogP contribution in [-0.2, 0) is 20.9 Å². The van der Waals surface area contributed by atoms with E-state index in [0.29, 0.717) is 6.54 Å². The van der Waals surface area contributed by atoms with Crippen LogP contribution in [-0.4, -0.2) is 19.0 Å². The van der Waals surface area contributed by atoms with E-state index in [0.717, 1.165) is 4.88 Å². The number of amides is 1. The van der Waals surface area contributed by atoms with Gasteiger partial charge < -0.3 is 10.1 Å². The highest BCUT2D eigenvalue weighted by molar-refractivity contribution is 7.09. The molecular formula is C8H9NO3S. The molecule has 0 fully saturated rings. The molecule has 0 atom stereocenters. The first-order valence-electron chi connectivity index (χ1n) is 3.62. The Morgan fingerprint density at radius 1 is 1.62 bits per heavy atom. The number of hydrogen-bond donors (Lipinski definition) is 1. The van der Waals surface area contributed by atoms with Gasteiger partial charge in [0.1, 0.15) is 0 Å². The third kappa shape index (κ3) is 2.87. The van der Waals surface area contributed by atoms with Crippen LogP contribution in [0.15, 0.2) is 17.5 Å². The lowest BCUT2D eigenvalue weighted by molar-refractivity contribution is -0.152. The zero-order chi connectivity index (χ0) is 9.68. The molecule has 0 saturated heterocycles. The highest BCUT2D eigenvalue weighted by Gasteiger charge is 2.12. The number of ether oxygens (including phenoxy) is 1. The van der Waals surface area contributed by atoms with Crippen molar-refractivity contribution in [2.75, 3.05) is 7.11 Å². The third-order valence-corrected chi connectivity index (χ3v) is 2.25. The molecule has 0 spiro atoms. The topological polar surface area (TPSA) is 55.4 Å². The number of rotatable bonds is 2. The number of carbonyl (C=O) groups is 2. The summed E-state index contributed by atoms with van der Waals surface area (Å²) >= 11 is 1.52. The maximum absolute atomic E-state index is 10.9. The predicted octanol–water partition coefficient (Wildman–Crippen LogP) is 0.537. The second kappa shape index (κ2) is 4.61. The Balaban J connectivity index is 2.35. The molecule has 4 nitrogen and oxygen atoms in total. The first-order valence-corrected chi connectivity index (χ1v) is 4.50. The summed E-state index contributed by atoms with van der Waals surface area (Å²) in [7, 11) is 1.17. The number of nitrogens with one attached hydrogen (secondary N) is 1. The van der Waals surface area contributed by atoms with Crippen molar-refractivity contribution in [3.05, 3.63) is 22.4 Å². The summed E-state index contributed by atoms with van der Waals surface area (Å²) in [5.41, 5.74) is 0. The first kappa shape index (κ1) is 9.73. The van der Waals surface area contributed by atoms with Gasteiger partial charge in [-0.25, -0.2) is 4.79 Å². The van der Waals surface area contributed by atoms with E-state index in [-0.39, 0.29) is 0 Å². The highest BCUT2D eigenvalue weighted by atomic mass is 32.1. The summed E-state index contributed by atoms with van der Waals surface area (Å²) in [5, 5.41) is 4.34. The maximum atomic E-state index is 10.9. The fourth-order valence-corrected chi connectivity index (χ4v) is 1.39. The number of esters is 1. The second-order valence-corrected chi connectivity index (χ2v) is 3.29. The van der Waals surface area contributed by atoms with Crippen LogP contribution in [0, 0.1) is 0 Å². The molecule has 1 amide bonds. The lowest BCUT2D eigenvalue weighted by Crippen LogP contribution is -2.31. The Bertz CT molecular complexity index is 294. The summed E-state index contributed by atoms with van der Waals surface area (Å²) in [6.45, 7) is 0.367. The van der Waals surface area contributed by atoms with Gasteiger partial charge in [-0.2, -0.15) is 0 Å². The number of methoxy groups -OCH3 is 1.